The van der Waals surface area contributed by atoms with E-state index in [1.807, 2.05) is 20.8 Å². The van der Waals surface area contributed by atoms with Gasteiger partial charge in [0.1, 0.15) is 0 Å². The summed E-state index contributed by atoms with van der Waals surface area (Å²) in [5, 5.41) is 0. The molecule has 0 rings (SSSR count). The number of ether oxygens (including phenoxy) is 1. The fourth-order valence-corrected chi connectivity index (χ4v) is 0.559. The van der Waals surface area contributed by atoms with Gasteiger partial charge in [0.15, 0.2) is 6.67 Å². The van der Waals surface area contributed by atoms with Crippen LogP contribution in [0.5, 0.6) is 0 Å². The largest absolute Gasteiger partial charge is 0.465 e. The van der Waals surface area contributed by atoms with E-state index < -0.39 is 38.8 Å². The van der Waals surface area contributed by atoms with Crippen LogP contribution in [0.15, 0.2) is 0 Å². The molecule has 0 saturated heterocycles. The number of carbonyl (C=O) groups excluding carboxylic acids is 1. The molecule has 0 bridgehead atoms. The standard InChI is InChI=1S/C9H17FO2.C2H2F4.2CH2F2/c1-4-9(2,3)8(11)12-7-5-6-10;3-1-2(4,5)6;2*2-1-3/h4-7H2,1-3H3;1H2;2*1H2. The second-order valence-corrected chi connectivity index (χ2v) is 4.37. The van der Waals surface area contributed by atoms with Crippen LogP contribution < -0.4 is 0 Å². The molecule has 0 unspecified atom stereocenters. The average Bonchev–Trinajstić information content (AvgIpc) is 2.49. The molecule has 0 aliphatic carbocycles. The van der Waals surface area contributed by atoms with Gasteiger partial charge in [0, 0.05) is 6.42 Å². The summed E-state index contributed by atoms with van der Waals surface area (Å²) in [6.45, 7) is -0.391. The van der Waals surface area contributed by atoms with Crippen molar-refractivity contribution in [3.8, 4) is 0 Å². The van der Waals surface area contributed by atoms with Crippen molar-refractivity contribution in [3.63, 3.8) is 0 Å². The van der Waals surface area contributed by atoms with Gasteiger partial charge in [-0.1, -0.05) is 6.92 Å². The van der Waals surface area contributed by atoms with Crippen molar-refractivity contribution in [2.24, 2.45) is 5.41 Å². The lowest BCUT2D eigenvalue weighted by molar-refractivity contribution is -0.154. The minimum Gasteiger partial charge on any atom is -0.465 e. The van der Waals surface area contributed by atoms with Crippen molar-refractivity contribution in [1.29, 1.82) is 0 Å². The van der Waals surface area contributed by atoms with E-state index in [4.69, 9.17) is 4.74 Å². The zero-order valence-electron chi connectivity index (χ0n) is 13.7. The topological polar surface area (TPSA) is 26.3 Å². The molecule has 0 fully saturated rings. The number of hydrogen-bond donors (Lipinski definition) is 0. The highest BCUT2D eigenvalue weighted by atomic mass is 19.4. The van der Waals surface area contributed by atoms with E-state index in [2.05, 4.69) is 0 Å². The maximum atomic E-state index is 11.6. The summed E-state index contributed by atoms with van der Waals surface area (Å²) >= 11 is 0. The number of carbonyl (C=O) groups is 1. The van der Waals surface area contributed by atoms with Crippen molar-refractivity contribution in [2.75, 3.05) is 33.8 Å². The zero-order chi connectivity index (χ0) is 20.2. The second kappa shape index (κ2) is 19.9. The van der Waals surface area contributed by atoms with E-state index in [0.29, 0.717) is 6.42 Å². The minimum absolute atomic E-state index is 0.193. The molecule has 0 aromatic heterocycles. The number of halogens is 9. The van der Waals surface area contributed by atoms with Crippen LogP contribution in [0.4, 0.5) is 39.5 Å². The Bertz CT molecular complexity index is 256. The number of rotatable bonds is 5. The molecule has 150 valence electrons. The fourth-order valence-electron chi connectivity index (χ4n) is 0.559. The number of hydrogen-bond acceptors (Lipinski definition) is 2. The van der Waals surface area contributed by atoms with Gasteiger partial charge in [0.2, 0.25) is 13.9 Å². The highest BCUT2D eigenvalue weighted by molar-refractivity contribution is 5.75. The highest BCUT2D eigenvalue weighted by Gasteiger charge is 2.27. The van der Waals surface area contributed by atoms with Gasteiger partial charge < -0.3 is 4.74 Å². The number of esters is 1. The van der Waals surface area contributed by atoms with Gasteiger partial charge in [-0.2, -0.15) is 13.2 Å². The summed E-state index contributed by atoms with van der Waals surface area (Å²) in [6, 6.07) is 0. The first-order chi connectivity index (χ1) is 10.9. The van der Waals surface area contributed by atoms with E-state index in [1.165, 1.54) is 0 Å². The van der Waals surface area contributed by atoms with Crippen molar-refractivity contribution in [1.82, 2.24) is 0 Å². The van der Waals surface area contributed by atoms with Gasteiger partial charge in [0.05, 0.1) is 18.7 Å². The molecule has 0 heterocycles. The Labute approximate surface area is 135 Å². The average molecular weight is 382 g/mol. The maximum absolute atomic E-state index is 11.6. The lowest BCUT2D eigenvalue weighted by atomic mass is 9.91. The Morgan fingerprint density at radius 3 is 1.46 bits per heavy atom. The third-order valence-electron chi connectivity index (χ3n) is 2.10. The van der Waals surface area contributed by atoms with Crippen LogP contribution in [0.25, 0.3) is 0 Å². The second-order valence-electron chi connectivity index (χ2n) is 4.37. The lowest BCUT2D eigenvalue weighted by Crippen LogP contribution is -2.26. The molecule has 0 spiro atoms. The van der Waals surface area contributed by atoms with E-state index in [9.17, 15) is 44.3 Å². The Kier molecular flexibility index (Phi) is 25.4. The highest BCUT2D eigenvalue weighted by Crippen LogP contribution is 2.21. The molecule has 0 aromatic rings. The Morgan fingerprint density at radius 1 is 0.917 bits per heavy atom. The third-order valence-corrected chi connectivity index (χ3v) is 2.10. The quantitative estimate of drug-likeness (QED) is 0.351. The molecule has 0 radical (unpaired) electrons. The van der Waals surface area contributed by atoms with Crippen LogP contribution in [0.1, 0.15) is 33.6 Å². The maximum Gasteiger partial charge on any atom is 0.416 e. The van der Waals surface area contributed by atoms with Crippen LogP contribution in [-0.2, 0) is 9.53 Å². The summed E-state index contributed by atoms with van der Waals surface area (Å²) in [7, 11) is 0. The summed E-state index contributed by atoms with van der Waals surface area (Å²) in [6.07, 6.45) is -3.59. The zero-order valence-corrected chi connectivity index (χ0v) is 13.7. The molecule has 0 N–H and O–H groups in total. The molecule has 2 nitrogen and oxygen atoms in total. The molecular formula is C13H23F9O2. The van der Waals surface area contributed by atoms with Gasteiger partial charge in [-0.15, -0.1) is 0 Å². The molecule has 0 aliphatic heterocycles. The summed E-state index contributed by atoms with van der Waals surface area (Å²) in [5.74, 6) is -0.238. The first kappa shape index (κ1) is 30.7. The number of alkyl halides is 9. The van der Waals surface area contributed by atoms with Crippen molar-refractivity contribution >= 4 is 5.97 Å². The Hall–Kier alpha value is -1.16. The van der Waals surface area contributed by atoms with Gasteiger partial charge in [-0.25, -0.2) is 22.0 Å². The van der Waals surface area contributed by atoms with Crippen LogP contribution >= 0.6 is 0 Å². The molecule has 0 aromatic carbocycles. The summed E-state index contributed by atoms with van der Waals surface area (Å²) < 4.78 is 96.6. The Morgan fingerprint density at radius 2 is 1.25 bits per heavy atom. The van der Waals surface area contributed by atoms with Crippen molar-refractivity contribution in [2.45, 2.75) is 39.8 Å². The van der Waals surface area contributed by atoms with Crippen molar-refractivity contribution in [3.05, 3.63) is 0 Å². The monoisotopic (exact) mass is 382 g/mol. The summed E-state index contributed by atoms with van der Waals surface area (Å²) in [4.78, 5) is 11.2. The van der Waals surface area contributed by atoms with E-state index in [0.717, 1.165) is 6.42 Å². The van der Waals surface area contributed by atoms with Gasteiger partial charge in [-0.05, 0) is 20.3 Å². The minimum atomic E-state index is -4.62. The molecular weight excluding hydrogens is 359 g/mol. The molecule has 0 saturated carbocycles. The smallest absolute Gasteiger partial charge is 0.416 e. The predicted octanol–water partition coefficient (Wildman–Crippen LogP) is 5.61. The van der Waals surface area contributed by atoms with Gasteiger partial charge in [0.25, 0.3) is 0 Å². The van der Waals surface area contributed by atoms with E-state index >= 15 is 0 Å². The molecule has 0 atom stereocenters. The van der Waals surface area contributed by atoms with Crippen LogP contribution in [0.2, 0.25) is 0 Å². The molecule has 0 amide bonds. The molecule has 0 aliphatic rings. The van der Waals surface area contributed by atoms with Crippen molar-refractivity contribution < 1.29 is 49.0 Å². The normalized spacial score (nSPS) is 10.2. The molecule has 24 heavy (non-hydrogen) atoms. The Balaban J connectivity index is -0.000000138. The van der Waals surface area contributed by atoms with E-state index in [1.54, 1.807) is 0 Å². The summed E-state index contributed by atoms with van der Waals surface area (Å²) in [5.41, 5.74) is -0.434. The van der Waals surface area contributed by atoms with Crippen LogP contribution in [0, 0.1) is 5.41 Å². The van der Waals surface area contributed by atoms with E-state index in [-0.39, 0.29) is 12.6 Å². The predicted molar refractivity (Wildman–Crippen MR) is 71.8 cm³/mol. The van der Waals surface area contributed by atoms with Gasteiger partial charge >= 0.3 is 12.1 Å². The first-order valence-corrected chi connectivity index (χ1v) is 6.53. The first-order valence-electron chi connectivity index (χ1n) is 6.53. The van der Waals surface area contributed by atoms with Crippen LogP contribution in [0.3, 0.4) is 0 Å². The lowest BCUT2D eigenvalue weighted by Gasteiger charge is -2.19. The van der Waals surface area contributed by atoms with Crippen LogP contribution in [-0.4, -0.2) is 46.0 Å². The third kappa shape index (κ3) is 32.7. The van der Waals surface area contributed by atoms with Gasteiger partial charge in [-0.3, -0.25) is 9.18 Å². The SMILES string of the molecule is CCC(C)(C)C(=O)OCCCF.FCC(F)(F)F.FCF.FCF. The fraction of sp³-hybridized carbons (Fsp3) is 0.923. The molecule has 11 heteroatoms.